The van der Waals surface area contributed by atoms with Gasteiger partial charge in [-0.05, 0) is 19.4 Å². The molecule has 0 aliphatic carbocycles. The molecule has 0 spiro atoms. The number of hydrogen-bond donors (Lipinski definition) is 4. The van der Waals surface area contributed by atoms with Crippen LogP contribution >= 0.6 is 7.26 Å². The van der Waals surface area contributed by atoms with Gasteiger partial charge in [0.1, 0.15) is 6.04 Å². The molecule has 1 atom stereocenters. The van der Waals surface area contributed by atoms with Gasteiger partial charge in [0.2, 0.25) is 0 Å². The summed E-state index contributed by atoms with van der Waals surface area (Å²) in [6, 6.07) is -0.716. The smallest absolute Gasteiger partial charge is 0.480 e. The number of carboxylic acids is 1. The zero-order chi connectivity index (χ0) is 21.0. The van der Waals surface area contributed by atoms with Crippen LogP contribution in [0.2, 0.25) is 0 Å². The Morgan fingerprint density at radius 2 is 1.26 bits per heavy atom. The van der Waals surface area contributed by atoms with E-state index in [9.17, 15) is 4.79 Å². The fourth-order valence-electron chi connectivity index (χ4n) is 2.81. The van der Waals surface area contributed by atoms with Crippen molar-refractivity contribution in [3.8, 4) is 0 Å². The number of hydrogen-bond acceptors (Lipinski definition) is 4. The normalized spacial score (nSPS) is 13.0. The summed E-state index contributed by atoms with van der Waals surface area (Å²) in [5.41, 5.74) is 10.4. The molecule has 0 aliphatic rings. The Morgan fingerprint density at radius 3 is 1.63 bits per heavy atom. The molecule has 0 fully saturated rings. The average molecular weight is 409 g/mol. The number of carboxylic acid groups (broad SMARTS) is 1. The molecular weight excluding hydrogens is 359 g/mol. The van der Waals surface area contributed by atoms with E-state index in [1.807, 2.05) is 0 Å². The number of nitrogens with two attached hydrogens (primary N) is 2. The molecule has 0 radical (unpaired) electrons. The van der Waals surface area contributed by atoms with Gasteiger partial charge >= 0.3 is 110 Å². The van der Waals surface area contributed by atoms with E-state index in [4.69, 9.17) is 21.7 Å². The first kappa shape index (κ1) is 29.0. The van der Waals surface area contributed by atoms with Crippen LogP contribution in [0.15, 0.2) is 0 Å². The van der Waals surface area contributed by atoms with Gasteiger partial charge < -0.3 is 21.7 Å². The fraction of sp³-hybridized carbons (Fsp3) is 0.952. The van der Waals surface area contributed by atoms with Gasteiger partial charge in [0.05, 0.1) is 0 Å². The van der Waals surface area contributed by atoms with E-state index in [-0.39, 0.29) is 0 Å². The van der Waals surface area contributed by atoms with Gasteiger partial charge in [-0.25, -0.2) is 0 Å². The van der Waals surface area contributed by atoms with Crippen LogP contribution in [0.3, 0.4) is 0 Å². The summed E-state index contributed by atoms with van der Waals surface area (Å²) in [6.45, 7) is 8.39. The topological polar surface area (TPSA) is 110 Å². The summed E-state index contributed by atoms with van der Waals surface area (Å²) in [4.78, 5) is 10.1. The SMILES string of the molecule is C[PH](C)(C)CCCCCCCCCCCCO.NCCCCC(N)C(=O)O. The van der Waals surface area contributed by atoms with Crippen molar-refractivity contribution >= 4 is 13.2 Å². The van der Waals surface area contributed by atoms with Gasteiger partial charge in [-0.3, -0.25) is 4.79 Å². The van der Waals surface area contributed by atoms with Gasteiger partial charge in [-0.1, -0.05) is 6.42 Å². The van der Waals surface area contributed by atoms with E-state index >= 15 is 0 Å². The van der Waals surface area contributed by atoms with Crippen LogP contribution in [-0.4, -0.2) is 61.5 Å². The molecule has 0 amide bonds. The number of carbonyl (C=O) groups is 1. The molecule has 0 saturated carbocycles. The van der Waals surface area contributed by atoms with Gasteiger partial charge in [0.15, 0.2) is 0 Å². The maximum absolute atomic E-state index is 10.1. The third-order valence-corrected chi connectivity index (χ3v) is 6.47. The fourth-order valence-corrected chi connectivity index (χ4v) is 4.12. The number of rotatable bonds is 17. The van der Waals surface area contributed by atoms with E-state index in [1.165, 1.54) is 63.9 Å². The van der Waals surface area contributed by atoms with E-state index in [1.54, 1.807) is 0 Å². The molecule has 0 aromatic carbocycles. The van der Waals surface area contributed by atoms with Crippen molar-refractivity contribution < 1.29 is 15.0 Å². The first-order chi connectivity index (χ1) is 12.7. The van der Waals surface area contributed by atoms with Crippen LogP contribution in [0.25, 0.3) is 0 Å². The third kappa shape index (κ3) is 28.1. The summed E-state index contributed by atoms with van der Waals surface area (Å²) in [5.74, 6) is -0.933. The molecule has 0 saturated heterocycles. The molecule has 166 valence electrons. The predicted octanol–water partition coefficient (Wildman–Crippen LogP) is 4.05. The van der Waals surface area contributed by atoms with Crippen molar-refractivity contribution in [3.05, 3.63) is 0 Å². The van der Waals surface area contributed by atoms with E-state index in [0.717, 1.165) is 19.3 Å². The molecule has 1 unspecified atom stereocenters. The minimum Gasteiger partial charge on any atom is -0.480 e. The van der Waals surface area contributed by atoms with Gasteiger partial charge in [0, 0.05) is 0 Å². The first-order valence-corrected chi connectivity index (χ1v) is 14.7. The number of unbranched alkanes of at least 4 members (excludes halogenated alkanes) is 10. The average Bonchev–Trinajstić information content (AvgIpc) is 2.59. The van der Waals surface area contributed by atoms with Crippen molar-refractivity contribution in [1.82, 2.24) is 0 Å². The second-order valence-corrected chi connectivity index (χ2v) is 14.4. The van der Waals surface area contributed by atoms with E-state index in [0.29, 0.717) is 19.6 Å². The van der Waals surface area contributed by atoms with Crippen LogP contribution < -0.4 is 11.5 Å². The molecule has 0 aliphatic heterocycles. The standard InChI is InChI=1S/C15H35OP.C6H14N2O2/c1-17(2,3)15-13-11-9-7-5-4-6-8-10-12-14-16;7-4-2-1-3-5(8)6(9)10/h16-17H,4-15H2,1-3H3;5H,1-4,7-8H2,(H,9,10). The quantitative estimate of drug-likeness (QED) is 0.214. The van der Waals surface area contributed by atoms with Crippen LogP contribution in [-0.2, 0) is 4.79 Å². The Balaban J connectivity index is 0. The molecule has 0 rings (SSSR count). The summed E-state index contributed by atoms with van der Waals surface area (Å²) < 4.78 is 0. The Kier molecular flexibility index (Phi) is 22.0. The molecule has 6 heteroatoms. The Morgan fingerprint density at radius 1 is 0.815 bits per heavy atom. The molecule has 0 aromatic rings. The van der Waals surface area contributed by atoms with E-state index in [2.05, 4.69) is 20.0 Å². The molecule has 0 heterocycles. The van der Waals surface area contributed by atoms with Crippen LogP contribution in [0.4, 0.5) is 0 Å². The third-order valence-electron chi connectivity index (χ3n) is 4.62. The van der Waals surface area contributed by atoms with Gasteiger partial charge in [-0.2, -0.15) is 0 Å². The molecule has 0 aromatic heterocycles. The molecule has 5 nitrogen and oxygen atoms in total. The molecular formula is C21H49N2O3P. The summed E-state index contributed by atoms with van der Waals surface area (Å²) >= 11 is 0. The predicted molar refractivity (Wildman–Crippen MR) is 123 cm³/mol. The van der Waals surface area contributed by atoms with Crippen molar-refractivity contribution in [1.29, 1.82) is 0 Å². The van der Waals surface area contributed by atoms with Crippen LogP contribution in [0.5, 0.6) is 0 Å². The molecule has 6 N–H and O–H groups in total. The number of aliphatic carboxylic acids is 1. The zero-order valence-electron chi connectivity index (χ0n) is 18.3. The number of aliphatic hydroxyl groups excluding tert-OH is 1. The maximum atomic E-state index is 10.1. The van der Waals surface area contributed by atoms with Crippen LogP contribution in [0.1, 0.15) is 83.5 Å². The number of aliphatic hydroxyl groups is 1. The van der Waals surface area contributed by atoms with Crippen molar-refractivity contribution in [3.63, 3.8) is 0 Å². The Hall–Kier alpha value is -0.220. The van der Waals surface area contributed by atoms with Crippen LogP contribution in [0, 0.1) is 0 Å². The molecule has 27 heavy (non-hydrogen) atoms. The van der Waals surface area contributed by atoms with Gasteiger partial charge in [0.25, 0.3) is 0 Å². The second-order valence-electron chi connectivity index (χ2n) is 8.80. The summed E-state index contributed by atoms with van der Waals surface area (Å²) in [6.07, 6.45) is 17.2. The Bertz CT molecular complexity index is 323. The summed E-state index contributed by atoms with van der Waals surface area (Å²) in [5, 5.41) is 17.0. The van der Waals surface area contributed by atoms with E-state index < -0.39 is 19.3 Å². The Labute approximate surface area is 169 Å². The zero-order valence-corrected chi connectivity index (χ0v) is 19.3. The minimum absolute atomic E-state index is 0.372. The molecule has 0 bridgehead atoms. The second kappa shape index (κ2) is 20.5. The monoisotopic (exact) mass is 408 g/mol. The van der Waals surface area contributed by atoms with Crippen molar-refractivity contribution in [2.24, 2.45) is 11.5 Å². The van der Waals surface area contributed by atoms with Crippen molar-refractivity contribution in [2.45, 2.75) is 89.5 Å². The minimum atomic E-state index is -0.933. The van der Waals surface area contributed by atoms with Crippen molar-refractivity contribution in [2.75, 3.05) is 39.3 Å². The first-order valence-electron chi connectivity index (χ1n) is 11.0. The van der Waals surface area contributed by atoms with Gasteiger partial charge in [-0.15, -0.1) is 0 Å². The summed E-state index contributed by atoms with van der Waals surface area (Å²) in [7, 11) is -0.772.